The van der Waals surface area contributed by atoms with Gasteiger partial charge in [-0.25, -0.2) is 4.79 Å². The molecular weight excluding hydrogens is 319 g/mol. The van der Waals surface area contributed by atoms with Crippen molar-refractivity contribution < 1.29 is 14.3 Å². The summed E-state index contributed by atoms with van der Waals surface area (Å²) >= 11 is 6.43. The second-order valence-corrected chi connectivity index (χ2v) is 4.09. The normalized spacial score (nSPS) is 11.5. The van der Waals surface area contributed by atoms with Crippen LogP contribution < -0.4 is 0 Å². The third-order valence-corrected chi connectivity index (χ3v) is 3.55. The zero-order chi connectivity index (χ0) is 10.7. The van der Waals surface area contributed by atoms with Crippen molar-refractivity contribution in [2.45, 2.75) is 0 Å². The molecular formula is C9H5Br2FO2. The highest BCUT2D eigenvalue weighted by Gasteiger charge is 2.07. The number of rotatable bonds is 2. The first kappa shape index (κ1) is 11.4. The lowest BCUT2D eigenvalue weighted by Crippen LogP contribution is -1.94. The first-order valence-electron chi connectivity index (χ1n) is 3.57. The number of halogens is 3. The molecule has 0 aliphatic carbocycles. The molecule has 0 aromatic heterocycles. The third kappa shape index (κ3) is 2.65. The van der Waals surface area contributed by atoms with E-state index in [1.165, 1.54) is 0 Å². The zero-order valence-corrected chi connectivity index (χ0v) is 9.97. The van der Waals surface area contributed by atoms with Gasteiger partial charge in [0.25, 0.3) is 0 Å². The van der Waals surface area contributed by atoms with Gasteiger partial charge >= 0.3 is 5.97 Å². The average Bonchev–Trinajstić information content (AvgIpc) is 2.12. The van der Waals surface area contributed by atoms with E-state index in [2.05, 4.69) is 31.9 Å². The van der Waals surface area contributed by atoms with Gasteiger partial charge in [0.05, 0.1) is 0 Å². The van der Waals surface area contributed by atoms with Crippen molar-refractivity contribution in [2.24, 2.45) is 0 Å². The van der Waals surface area contributed by atoms with Gasteiger partial charge in [0.1, 0.15) is 0 Å². The van der Waals surface area contributed by atoms with Crippen LogP contribution in [0.25, 0.3) is 6.08 Å². The Bertz CT molecular complexity index is 402. The SMILES string of the molecule is O=C(O)C(F)=Cc1cccc(Br)c1Br. The molecule has 0 atom stereocenters. The van der Waals surface area contributed by atoms with Crippen LogP contribution in [0.3, 0.4) is 0 Å². The highest BCUT2D eigenvalue weighted by molar-refractivity contribution is 9.13. The van der Waals surface area contributed by atoms with E-state index in [1.807, 2.05) is 0 Å². The Kier molecular flexibility index (Phi) is 3.83. The smallest absolute Gasteiger partial charge is 0.364 e. The van der Waals surface area contributed by atoms with E-state index in [9.17, 15) is 9.18 Å². The third-order valence-electron chi connectivity index (χ3n) is 1.47. The molecule has 0 unspecified atom stereocenters. The number of aliphatic carboxylic acids is 1. The lowest BCUT2D eigenvalue weighted by atomic mass is 10.2. The van der Waals surface area contributed by atoms with Crippen LogP contribution in [0.5, 0.6) is 0 Å². The van der Waals surface area contributed by atoms with Gasteiger partial charge in [0, 0.05) is 8.95 Å². The fraction of sp³-hybridized carbons (Fsp3) is 0. The minimum absolute atomic E-state index is 0.472. The molecule has 1 N–H and O–H groups in total. The molecule has 1 aromatic carbocycles. The Balaban J connectivity index is 3.15. The summed E-state index contributed by atoms with van der Waals surface area (Å²) in [4.78, 5) is 10.2. The van der Waals surface area contributed by atoms with Crippen LogP contribution in [0, 0.1) is 0 Å². The van der Waals surface area contributed by atoms with Gasteiger partial charge in [-0.2, -0.15) is 4.39 Å². The summed E-state index contributed by atoms with van der Waals surface area (Å²) in [5.41, 5.74) is 0.472. The summed E-state index contributed by atoms with van der Waals surface area (Å²) in [5.74, 6) is -2.76. The van der Waals surface area contributed by atoms with Crippen LogP contribution in [-0.2, 0) is 4.79 Å². The molecule has 1 rings (SSSR count). The lowest BCUT2D eigenvalue weighted by Gasteiger charge is -2.00. The van der Waals surface area contributed by atoms with E-state index in [1.54, 1.807) is 18.2 Å². The van der Waals surface area contributed by atoms with Crippen molar-refractivity contribution in [3.63, 3.8) is 0 Å². The van der Waals surface area contributed by atoms with Crippen LogP contribution in [0.15, 0.2) is 33.0 Å². The molecule has 0 radical (unpaired) electrons. The Morgan fingerprint density at radius 3 is 2.64 bits per heavy atom. The second-order valence-electron chi connectivity index (χ2n) is 2.44. The minimum Gasteiger partial charge on any atom is -0.476 e. The van der Waals surface area contributed by atoms with E-state index in [-0.39, 0.29) is 0 Å². The monoisotopic (exact) mass is 322 g/mol. The van der Waals surface area contributed by atoms with Gasteiger partial charge in [-0.3, -0.25) is 0 Å². The van der Waals surface area contributed by atoms with Gasteiger partial charge in [0.2, 0.25) is 5.83 Å². The van der Waals surface area contributed by atoms with Crippen LogP contribution in [-0.4, -0.2) is 11.1 Å². The summed E-state index contributed by atoms with van der Waals surface area (Å²) < 4.78 is 14.1. The fourth-order valence-electron chi connectivity index (χ4n) is 0.830. The maximum Gasteiger partial charge on any atom is 0.364 e. The average molecular weight is 324 g/mol. The van der Waals surface area contributed by atoms with E-state index in [0.717, 1.165) is 10.5 Å². The summed E-state index contributed by atoms with van der Waals surface area (Å²) in [6.07, 6.45) is 0.956. The van der Waals surface area contributed by atoms with Crippen LogP contribution in [0.2, 0.25) is 0 Å². The summed E-state index contributed by atoms with van der Waals surface area (Å²) in [6.45, 7) is 0. The first-order chi connectivity index (χ1) is 6.52. The largest absolute Gasteiger partial charge is 0.476 e. The topological polar surface area (TPSA) is 37.3 Å². The van der Waals surface area contributed by atoms with E-state index in [0.29, 0.717) is 10.0 Å². The number of hydrogen-bond acceptors (Lipinski definition) is 1. The van der Waals surface area contributed by atoms with E-state index < -0.39 is 11.8 Å². The van der Waals surface area contributed by atoms with E-state index >= 15 is 0 Å². The standard InChI is InChI=1S/C9H5Br2FO2/c10-6-3-1-2-5(8(6)11)4-7(12)9(13)14/h1-4H,(H,13,14). The molecule has 1 aromatic rings. The van der Waals surface area contributed by atoms with Crippen molar-refractivity contribution in [1.82, 2.24) is 0 Å². The number of carbonyl (C=O) groups is 1. The number of carboxylic acid groups (broad SMARTS) is 1. The van der Waals surface area contributed by atoms with Gasteiger partial charge in [-0.1, -0.05) is 12.1 Å². The van der Waals surface area contributed by atoms with Crippen molar-refractivity contribution in [1.29, 1.82) is 0 Å². The Hall–Kier alpha value is -0.680. The zero-order valence-electron chi connectivity index (χ0n) is 6.80. The molecule has 0 saturated carbocycles. The van der Waals surface area contributed by atoms with Gasteiger partial charge in [0.15, 0.2) is 0 Å². The summed E-state index contributed by atoms with van der Waals surface area (Å²) in [6, 6.07) is 5.06. The molecule has 0 aliphatic rings. The molecule has 0 amide bonds. The molecule has 0 bridgehead atoms. The van der Waals surface area contributed by atoms with Gasteiger partial charge < -0.3 is 5.11 Å². The first-order valence-corrected chi connectivity index (χ1v) is 5.15. The van der Waals surface area contributed by atoms with Gasteiger partial charge in [-0.15, -0.1) is 0 Å². The Morgan fingerprint density at radius 1 is 1.43 bits per heavy atom. The van der Waals surface area contributed by atoms with Crippen molar-refractivity contribution in [3.05, 3.63) is 38.5 Å². The van der Waals surface area contributed by atoms with Crippen LogP contribution in [0.1, 0.15) is 5.56 Å². The lowest BCUT2D eigenvalue weighted by molar-refractivity contribution is -0.134. The van der Waals surface area contributed by atoms with Crippen molar-refractivity contribution in [2.75, 3.05) is 0 Å². The molecule has 2 nitrogen and oxygen atoms in total. The molecule has 0 fully saturated rings. The molecule has 0 saturated heterocycles. The fourth-order valence-corrected chi connectivity index (χ4v) is 1.59. The van der Waals surface area contributed by atoms with Crippen molar-refractivity contribution in [3.8, 4) is 0 Å². The minimum atomic E-state index is -1.57. The molecule has 14 heavy (non-hydrogen) atoms. The quantitative estimate of drug-likeness (QED) is 0.844. The second kappa shape index (κ2) is 4.70. The van der Waals surface area contributed by atoms with Crippen LogP contribution >= 0.6 is 31.9 Å². The number of carboxylic acids is 1. The predicted octanol–water partition coefficient (Wildman–Crippen LogP) is 3.61. The molecule has 5 heteroatoms. The molecule has 74 valence electrons. The number of hydrogen-bond donors (Lipinski definition) is 1. The van der Waals surface area contributed by atoms with Gasteiger partial charge in [-0.05, 0) is 49.6 Å². The molecule has 0 aliphatic heterocycles. The Labute approximate surface area is 96.7 Å². The molecule has 0 heterocycles. The summed E-state index contributed by atoms with van der Waals surface area (Å²) in [5, 5.41) is 8.33. The maximum atomic E-state index is 12.7. The van der Waals surface area contributed by atoms with Crippen LogP contribution in [0.4, 0.5) is 4.39 Å². The highest BCUT2D eigenvalue weighted by Crippen LogP contribution is 2.28. The summed E-state index contributed by atoms with van der Waals surface area (Å²) in [7, 11) is 0. The molecule has 0 spiro atoms. The Morgan fingerprint density at radius 2 is 2.07 bits per heavy atom. The number of benzene rings is 1. The predicted molar refractivity (Wildman–Crippen MR) is 58.6 cm³/mol. The van der Waals surface area contributed by atoms with Crippen molar-refractivity contribution >= 4 is 43.9 Å². The van der Waals surface area contributed by atoms with E-state index in [4.69, 9.17) is 5.11 Å². The highest BCUT2D eigenvalue weighted by atomic mass is 79.9. The maximum absolute atomic E-state index is 12.7.